The Morgan fingerprint density at radius 3 is 1.83 bits per heavy atom. The van der Waals surface area contributed by atoms with Crippen LogP contribution in [0.1, 0.15) is 24.0 Å². The summed E-state index contributed by atoms with van der Waals surface area (Å²) in [6, 6.07) is 11.0. The van der Waals surface area contributed by atoms with E-state index in [9.17, 15) is 9.59 Å². The summed E-state index contributed by atoms with van der Waals surface area (Å²) in [5.41, 5.74) is 1.70. The molecule has 35 heavy (non-hydrogen) atoms. The van der Waals surface area contributed by atoms with Gasteiger partial charge in [0.2, 0.25) is 11.8 Å². The maximum atomic E-state index is 12.5. The molecule has 1 atom stereocenters. The molecule has 1 fully saturated rings. The first-order valence-corrected chi connectivity index (χ1v) is 11.9. The van der Waals surface area contributed by atoms with E-state index in [0.29, 0.717) is 61.9 Å². The van der Waals surface area contributed by atoms with Gasteiger partial charge in [0.25, 0.3) is 0 Å². The fourth-order valence-corrected chi connectivity index (χ4v) is 4.01. The maximum absolute atomic E-state index is 12.5. The van der Waals surface area contributed by atoms with Gasteiger partial charge < -0.3 is 29.6 Å². The highest BCUT2D eigenvalue weighted by Crippen LogP contribution is 2.33. The number of carbonyl (C=O) groups is 2. The lowest BCUT2D eigenvalue weighted by Gasteiger charge is -2.18. The molecule has 2 aromatic carbocycles. The van der Waals surface area contributed by atoms with E-state index in [4.69, 9.17) is 18.9 Å². The Bertz CT molecular complexity index is 1150. The van der Waals surface area contributed by atoms with Crippen molar-refractivity contribution in [2.75, 3.05) is 33.0 Å². The minimum absolute atomic E-state index is 0.112. The van der Waals surface area contributed by atoms with Crippen LogP contribution in [0.2, 0.25) is 0 Å². The van der Waals surface area contributed by atoms with Crippen LogP contribution in [0.5, 0.6) is 23.0 Å². The van der Waals surface area contributed by atoms with Gasteiger partial charge in [-0.05, 0) is 66.3 Å². The van der Waals surface area contributed by atoms with E-state index in [1.54, 1.807) is 12.2 Å². The Morgan fingerprint density at radius 1 is 0.771 bits per heavy atom. The summed E-state index contributed by atoms with van der Waals surface area (Å²) in [7, 11) is 0. The Kier molecular flexibility index (Phi) is 6.88. The third-order valence-electron chi connectivity index (χ3n) is 6.00. The maximum Gasteiger partial charge on any atom is 0.244 e. The third kappa shape index (κ3) is 6.15. The number of ether oxygens (including phenoxy) is 4. The number of hydrogen-bond donors (Lipinski definition) is 2. The van der Waals surface area contributed by atoms with Gasteiger partial charge in [-0.1, -0.05) is 12.1 Å². The van der Waals surface area contributed by atoms with Crippen molar-refractivity contribution in [2.45, 2.75) is 18.9 Å². The van der Waals surface area contributed by atoms with E-state index >= 15 is 0 Å². The monoisotopic (exact) mass is 476 g/mol. The molecule has 182 valence electrons. The van der Waals surface area contributed by atoms with Crippen molar-refractivity contribution in [1.82, 2.24) is 10.6 Å². The minimum atomic E-state index is -0.216. The first-order valence-electron chi connectivity index (χ1n) is 11.9. The Morgan fingerprint density at radius 2 is 1.29 bits per heavy atom. The predicted octanol–water partition coefficient (Wildman–Crippen LogP) is 2.97. The van der Waals surface area contributed by atoms with Crippen molar-refractivity contribution < 1.29 is 28.5 Å². The van der Waals surface area contributed by atoms with Gasteiger partial charge in [-0.15, -0.1) is 0 Å². The van der Waals surface area contributed by atoms with Crippen molar-refractivity contribution >= 4 is 24.0 Å². The fourth-order valence-electron chi connectivity index (χ4n) is 4.01. The van der Waals surface area contributed by atoms with E-state index in [1.807, 2.05) is 36.4 Å². The summed E-state index contributed by atoms with van der Waals surface area (Å²) in [4.78, 5) is 24.9. The summed E-state index contributed by atoms with van der Waals surface area (Å²) in [5, 5.41) is 5.92. The molecule has 1 aliphatic carbocycles. The van der Waals surface area contributed by atoms with E-state index in [-0.39, 0.29) is 17.9 Å². The predicted molar refractivity (Wildman–Crippen MR) is 131 cm³/mol. The number of hydrogen-bond acceptors (Lipinski definition) is 6. The molecular weight excluding hydrogens is 448 g/mol. The second-order valence-corrected chi connectivity index (χ2v) is 8.67. The molecule has 2 heterocycles. The summed E-state index contributed by atoms with van der Waals surface area (Å²) < 4.78 is 22.2. The molecule has 2 amide bonds. The summed E-state index contributed by atoms with van der Waals surface area (Å²) in [6.07, 6.45) is 8.55. The lowest BCUT2D eigenvalue weighted by Crippen LogP contribution is -2.44. The molecule has 2 aromatic rings. The molecule has 5 rings (SSSR count). The average molecular weight is 477 g/mol. The highest BCUT2D eigenvalue weighted by atomic mass is 16.6. The van der Waals surface area contributed by atoms with Gasteiger partial charge in [-0.25, -0.2) is 0 Å². The van der Waals surface area contributed by atoms with Gasteiger partial charge in [0.05, 0.1) is 0 Å². The lowest BCUT2D eigenvalue weighted by molar-refractivity contribution is -0.119. The molecule has 2 N–H and O–H groups in total. The SMILES string of the molecule is O=C(/C=C\c1ccc2c(c1)OCCO2)N[C@@H](CNC(=O)/C=C/c1ccc2c(c1)OCCO2)C1CC1. The molecule has 0 unspecified atom stereocenters. The van der Waals surface area contributed by atoms with Crippen LogP contribution >= 0.6 is 0 Å². The highest BCUT2D eigenvalue weighted by Gasteiger charge is 2.32. The van der Waals surface area contributed by atoms with Crippen molar-refractivity contribution in [3.8, 4) is 23.0 Å². The van der Waals surface area contributed by atoms with E-state index < -0.39 is 0 Å². The molecule has 0 radical (unpaired) electrons. The van der Waals surface area contributed by atoms with Gasteiger partial charge in [0.1, 0.15) is 26.4 Å². The van der Waals surface area contributed by atoms with Gasteiger partial charge >= 0.3 is 0 Å². The zero-order chi connectivity index (χ0) is 24.0. The quantitative estimate of drug-likeness (QED) is 0.569. The zero-order valence-electron chi connectivity index (χ0n) is 19.3. The van der Waals surface area contributed by atoms with Crippen molar-refractivity contribution in [1.29, 1.82) is 0 Å². The molecular formula is C27H28N2O6. The zero-order valence-corrected chi connectivity index (χ0v) is 19.3. The van der Waals surface area contributed by atoms with Crippen LogP contribution in [0, 0.1) is 5.92 Å². The molecule has 0 spiro atoms. The van der Waals surface area contributed by atoms with Gasteiger partial charge in [0, 0.05) is 24.7 Å². The largest absolute Gasteiger partial charge is 0.486 e. The molecule has 2 aliphatic heterocycles. The summed E-state index contributed by atoms with van der Waals surface area (Å²) >= 11 is 0. The van der Waals surface area contributed by atoms with Crippen molar-refractivity contribution in [2.24, 2.45) is 5.92 Å². The fraction of sp³-hybridized carbons (Fsp3) is 0.333. The first-order chi connectivity index (χ1) is 17.1. The molecule has 0 aromatic heterocycles. The topological polar surface area (TPSA) is 95.1 Å². The lowest BCUT2D eigenvalue weighted by atomic mass is 10.1. The number of carbonyl (C=O) groups excluding carboxylic acids is 2. The molecule has 8 nitrogen and oxygen atoms in total. The number of benzene rings is 2. The standard InChI is InChI=1S/C27H28N2O6/c30-26(9-3-18-1-7-22-24(15-18)34-13-11-32-22)28-17-21(20-5-6-20)29-27(31)10-4-19-2-8-23-25(16-19)35-14-12-33-23/h1-4,7-10,15-16,20-21H,5-6,11-14,17H2,(H,28,30)(H,29,31)/b9-3+,10-4-/t21-/m0/s1. The number of nitrogens with one attached hydrogen (secondary N) is 2. The molecule has 8 heteroatoms. The second kappa shape index (κ2) is 10.5. The van der Waals surface area contributed by atoms with Crippen LogP contribution in [-0.4, -0.2) is 50.8 Å². The molecule has 0 saturated heterocycles. The van der Waals surface area contributed by atoms with Gasteiger partial charge in [-0.2, -0.15) is 0 Å². The summed E-state index contributed by atoms with van der Waals surface area (Å²) in [5.74, 6) is 2.75. The van der Waals surface area contributed by atoms with Crippen LogP contribution < -0.4 is 29.6 Å². The molecule has 3 aliphatic rings. The Hall–Kier alpha value is -3.94. The van der Waals surface area contributed by atoms with Crippen LogP contribution in [0.15, 0.2) is 48.6 Å². The number of rotatable bonds is 8. The third-order valence-corrected chi connectivity index (χ3v) is 6.00. The van der Waals surface area contributed by atoms with Gasteiger partial charge in [-0.3, -0.25) is 9.59 Å². The van der Waals surface area contributed by atoms with E-state index in [0.717, 1.165) is 24.0 Å². The number of amides is 2. The van der Waals surface area contributed by atoms with Crippen LogP contribution in [0.25, 0.3) is 12.2 Å². The number of fused-ring (bicyclic) bond motifs is 2. The van der Waals surface area contributed by atoms with Crippen LogP contribution in [0.4, 0.5) is 0 Å². The molecule has 1 saturated carbocycles. The molecule has 0 bridgehead atoms. The van der Waals surface area contributed by atoms with Crippen LogP contribution in [-0.2, 0) is 9.59 Å². The van der Waals surface area contributed by atoms with E-state index in [1.165, 1.54) is 12.2 Å². The van der Waals surface area contributed by atoms with Crippen molar-refractivity contribution in [3.05, 3.63) is 59.7 Å². The van der Waals surface area contributed by atoms with Crippen molar-refractivity contribution in [3.63, 3.8) is 0 Å². The first kappa shape index (κ1) is 22.8. The minimum Gasteiger partial charge on any atom is -0.486 e. The van der Waals surface area contributed by atoms with E-state index in [2.05, 4.69) is 10.6 Å². The highest BCUT2D eigenvalue weighted by molar-refractivity contribution is 5.93. The Balaban J connectivity index is 1.12. The normalized spacial score (nSPS) is 17.3. The second-order valence-electron chi connectivity index (χ2n) is 8.67. The van der Waals surface area contributed by atoms with Gasteiger partial charge in [0.15, 0.2) is 23.0 Å². The average Bonchev–Trinajstić information content (AvgIpc) is 3.74. The smallest absolute Gasteiger partial charge is 0.244 e. The Labute approximate surface area is 203 Å². The summed E-state index contributed by atoms with van der Waals surface area (Å²) in [6.45, 7) is 2.48. The van der Waals surface area contributed by atoms with Crippen LogP contribution in [0.3, 0.4) is 0 Å².